The molecule has 1 aromatic carbocycles. The standard InChI is InChI=1S/C12H15BrN2O3/c13-8-1-2-10-9(7-8)11(12(17)15-10)14-3-5-18-6-4-16/h1-2,7,11,14,16H,3-6H2,(H,15,17). The van der Waals surface area contributed by atoms with Crippen LogP contribution in [0.5, 0.6) is 0 Å². The monoisotopic (exact) mass is 314 g/mol. The lowest BCUT2D eigenvalue weighted by atomic mass is 10.1. The Labute approximate surface area is 114 Å². The maximum Gasteiger partial charge on any atom is 0.246 e. The van der Waals surface area contributed by atoms with E-state index in [0.29, 0.717) is 19.8 Å². The number of carbonyl (C=O) groups excluding carboxylic acids is 1. The van der Waals surface area contributed by atoms with Crippen LogP contribution in [0.1, 0.15) is 11.6 Å². The first kappa shape index (κ1) is 13.5. The first-order chi connectivity index (χ1) is 8.72. The number of amides is 1. The Hall–Kier alpha value is -0.950. The van der Waals surface area contributed by atoms with Crippen molar-refractivity contribution in [1.82, 2.24) is 5.32 Å². The van der Waals surface area contributed by atoms with Gasteiger partial charge in [0.1, 0.15) is 6.04 Å². The Bertz CT molecular complexity index is 439. The van der Waals surface area contributed by atoms with E-state index in [0.717, 1.165) is 15.7 Å². The van der Waals surface area contributed by atoms with E-state index >= 15 is 0 Å². The molecular weight excluding hydrogens is 300 g/mol. The van der Waals surface area contributed by atoms with Gasteiger partial charge in [0.25, 0.3) is 0 Å². The fraction of sp³-hybridized carbons (Fsp3) is 0.417. The van der Waals surface area contributed by atoms with Crippen molar-refractivity contribution in [2.45, 2.75) is 6.04 Å². The van der Waals surface area contributed by atoms with E-state index in [1.807, 2.05) is 18.2 Å². The third-order valence-corrected chi connectivity index (χ3v) is 3.17. The molecule has 2 rings (SSSR count). The summed E-state index contributed by atoms with van der Waals surface area (Å²) in [6.07, 6.45) is 0. The second-order valence-electron chi connectivity index (χ2n) is 3.94. The fourth-order valence-corrected chi connectivity index (χ4v) is 2.26. The molecule has 1 amide bonds. The lowest BCUT2D eigenvalue weighted by molar-refractivity contribution is -0.117. The number of ether oxygens (including phenoxy) is 1. The van der Waals surface area contributed by atoms with E-state index in [1.54, 1.807) is 0 Å². The van der Waals surface area contributed by atoms with Gasteiger partial charge in [0, 0.05) is 22.3 Å². The van der Waals surface area contributed by atoms with Crippen molar-refractivity contribution in [2.75, 3.05) is 31.7 Å². The smallest absolute Gasteiger partial charge is 0.246 e. The van der Waals surface area contributed by atoms with Crippen molar-refractivity contribution < 1.29 is 14.6 Å². The molecule has 1 aliphatic heterocycles. The molecule has 6 heteroatoms. The summed E-state index contributed by atoms with van der Waals surface area (Å²) in [5.74, 6) is -0.0507. The minimum Gasteiger partial charge on any atom is -0.394 e. The number of carbonyl (C=O) groups is 1. The molecule has 0 fully saturated rings. The number of benzene rings is 1. The average Bonchev–Trinajstić information content (AvgIpc) is 2.65. The summed E-state index contributed by atoms with van der Waals surface area (Å²) in [7, 11) is 0. The van der Waals surface area contributed by atoms with Gasteiger partial charge in [0.15, 0.2) is 0 Å². The Balaban J connectivity index is 1.93. The average molecular weight is 315 g/mol. The molecule has 1 atom stereocenters. The molecule has 0 bridgehead atoms. The highest BCUT2D eigenvalue weighted by atomic mass is 79.9. The molecule has 18 heavy (non-hydrogen) atoms. The van der Waals surface area contributed by atoms with Gasteiger partial charge >= 0.3 is 0 Å². The normalized spacial score (nSPS) is 17.7. The maximum atomic E-state index is 11.8. The predicted octanol–water partition coefficient (Wildman–Crippen LogP) is 1.04. The van der Waals surface area contributed by atoms with Gasteiger partial charge in [0.05, 0.1) is 19.8 Å². The fourth-order valence-electron chi connectivity index (χ4n) is 1.88. The zero-order chi connectivity index (χ0) is 13.0. The molecule has 1 heterocycles. The van der Waals surface area contributed by atoms with E-state index < -0.39 is 0 Å². The van der Waals surface area contributed by atoms with Crippen LogP contribution >= 0.6 is 15.9 Å². The third-order valence-electron chi connectivity index (χ3n) is 2.68. The van der Waals surface area contributed by atoms with E-state index in [1.165, 1.54) is 0 Å². The molecule has 98 valence electrons. The zero-order valence-corrected chi connectivity index (χ0v) is 11.4. The summed E-state index contributed by atoms with van der Waals surface area (Å²) in [6, 6.07) is 5.36. The van der Waals surface area contributed by atoms with Crippen LogP contribution in [0.25, 0.3) is 0 Å². The molecule has 0 saturated carbocycles. The molecule has 1 aliphatic rings. The molecule has 5 nitrogen and oxygen atoms in total. The molecule has 0 radical (unpaired) electrons. The van der Waals surface area contributed by atoms with E-state index in [2.05, 4.69) is 26.6 Å². The molecule has 0 spiro atoms. The number of aliphatic hydroxyl groups is 1. The van der Waals surface area contributed by atoms with Crippen LogP contribution in [-0.4, -0.2) is 37.4 Å². The van der Waals surface area contributed by atoms with Crippen molar-refractivity contribution in [2.24, 2.45) is 0 Å². The predicted molar refractivity (Wildman–Crippen MR) is 71.4 cm³/mol. The summed E-state index contributed by atoms with van der Waals surface area (Å²) in [5.41, 5.74) is 1.79. The number of hydrogen-bond donors (Lipinski definition) is 3. The maximum absolute atomic E-state index is 11.8. The first-order valence-corrected chi connectivity index (χ1v) is 6.54. The van der Waals surface area contributed by atoms with Crippen LogP contribution in [0.4, 0.5) is 5.69 Å². The SMILES string of the molecule is O=C1Nc2ccc(Br)cc2C1NCCOCCO. The van der Waals surface area contributed by atoms with Gasteiger partial charge in [-0.15, -0.1) is 0 Å². The zero-order valence-electron chi connectivity index (χ0n) is 9.78. The Morgan fingerprint density at radius 1 is 1.44 bits per heavy atom. The summed E-state index contributed by atoms with van der Waals surface area (Å²) in [6.45, 7) is 1.36. The summed E-state index contributed by atoms with van der Waals surface area (Å²) in [5, 5.41) is 14.5. The van der Waals surface area contributed by atoms with Gasteiger partial charge in [-0.1, -0.05) is 15.9 Å². The number of fused-ring (bicyclic) bond motifs is 1. The van der Waals surface area contributed by atoms with E-state index in [9.17, 15) is 4.79 Å². The highest BCUT2D eigenvalue weighted by Gasteiger charge is 2.29. The first-order valence-electron chi connectivity index (χ1n) is 5.74. The van der Waals surface area contributed by atoms with Crippen LogP contribution in [0, 0.1) is 0 Å². The second kappa shape index (κ2) is 6.29. The van der Waals surface area contributed by atoms with E-state index in [4.69, 9.17) is 9.84 Å². The minimum absolute atomic E-state index is 0.0136. The molecule has 0 saturated heterocycles. The molecule has 1 aromatic rings. The number of halogens is 1. The number of aliphatic hydroxyl groups excluding tert-OH is 1. The molecule has 0 aliphatic carbocycles. The van der Waals surface area contributed by atoms with Crippen molar-refractivity contribution in [3.8, 4) is 0 Å². The van der Waals surface area contributed by atoms with Crippen LogP contribution in [0.15, 0.2) is 22.7 Å². The lowest BCUT2D eigenvalue weighted by Gasteiger charge is -2.11. The summed E-state index contributed by atoms with van der Waals surface area (Å²) < 4.78 is 6.08. The van der Waals surface area contributed by atoms with Gasteiger partial charge < -0.3 is 15.2 Å². The topological polar surface area (TPSA) is 70.6 Å². The van der Waals surface area contributed by atoms with Gasteiger partial charge in [-0.3, -0.25) is 10.1 Å². The summed E-state index contributed by atoms with van der Waals surface area (Å²) in [4.78, 5) is 11.8. The van der Waals surface area contributed by atoms with Crippen molar-refractivity contribution >= 4 is 27.5 Å². The van der Waals surface area contributed by atoms with Crippen molar-refractivity contribution in [3.63, 3.8) is 0 Å². The molecular formula is C12H15BrN2O3. The van der Waals surface area contributed by atoms with E-state index in [-0.39, 0.29) is 18.6 Å². The minimum atomic E-state index is -0.338. The molecule has 0 aromatic heterocycles. The van der Waals surface area contributed by atoms with Gasteiger partial charge in [-0.25, -0.2) is 0 Å². The largest absolute Gasteiger partial charge is 0.394 e. The highest BCUT2D eigenvalue weighted by Crippen LogP contribution is 2.32. The summed E-state index contributed by atoms with van der Waals surface area (Å²) >= 11 is 3.40. The number of anilines is 1. The number of hydrogen-bond acceptors (Lipinski definition) is 4. The van der Waals surface area contributed by atoms with Crippen LogP contribution in [-0.2, 0) is 9.53 Å². The molecule has 1 unspecified atom stereocenters. The number of nitrogens with one attached hydrogen (secondary N) is 2. The highest BCUT2D eigenvalue weighted by molar-refractivity contribution is 9.10. The quantitative estimate of drug-likeness (QED) is 0.686. The molecule has 3 N–H and O–H groups in total. The lowest BCUT2D eigenvalue weighted by Crippen LogP contribution is -2.30. The van der Waals surface area contributed by atoms with Crippen LogP contribution in [0.2, 0.25) is 0 Å². The van der Waals surface area contributed by atoms with Gasteiger partial charge in [-0.05, 0) is 18.2 Å². The Morgan fingerprint density at radius 3 is 3.06 bits per heavy atom. The number of rotatable bonds is 6. The van der Waals surface area contributed by atoms with Gasteiger partial charge in [0.2, 0.25) is 5.91 Å². The Kier molecular flexibility index (Phi) is 4.71. The third kappa shape index (κ3) is 3.08. The Morgan fingerprint density at radius 2 is 2.28 bits per heavy atom. The van der Waals surface area contributed by atoms with Crippen molar-refractivity contribution in [1.29, 1.82) is 0 Å². The van der Waals surface area contributed by atoms with Crippen LogP contribution in [0.3, 0.4) is 0 Å². The van der Waals surface area contributed by atoms with Gasteiger partial charge in [-0.2, -0.15) is 0 Å². The second-order valence-corrected chi connectivity index (χ2v) is 4.86. The van der Waals surface area contributed by atoms with Crippen molar-refractivity contribution in [3.05, 3.63) is 28.2 Å². The van der Waals surface area contributed by atoms with Crippen LogP contribution < -0.4 is 10.6 Å².